The smallest absolute Gasteiger partial charge is 0.329 e. The Morgan fingerprint density at radius 1 is 1.19 bits per heavy atom. The van der Waals surface area contributed by atoms with Crippen molar-refractivity contribution >= 4 is 5.97 Å². The Balaban J connectivity index is 1.22. The Bertz CT molecular complexity index is 1050. The molecule has 3 aliphatic rings. The number of carboxylic acid groups (broad SMARTS) is 1. The number of carbonyl (C=O) groups is 1. The maximum absolute atomic E-state index is 13.3. The highest BCUT2D eigenvalue weighted by Gasteiger charge is 2.50. The van der Waals surface area contributed by atoms with Gasteiger partial charge in [-0.2, -0.15) is 0 Å². The van der Waals surface area contributed by atoms with E-state index < -0.39 is 23.1 Å². The van der Waals surface area contributed by atoms with E-state index in [1.807, 2.05) is 23.2 Å². The van der Waals surface area contributed by atoms with Crippen LogP contribution in [0.2, 0.25) is 0 Å². The van der Waals surface area contributed by atoms with Gasteiger partial charge in [0.2, 0.25) is 0 Å². The predicted octanol–water partition coefficient (Wildman–Crippen LogP) is 4.09. The van der Waals surface area contributed by atoms with Gasteiger partial charge in [-0.1, -0.05) is 18.2 Å². The molecule has 2 aromatic rings. The molecule has 8 heteroatoms. The molecule has 1 saturated heterocycles. The van der Waals surface area contributed by atoms with Crippen LogP contribution in [0.25, 0.3) is 0 Å². The van der Waals surface area contributed by atoms with Crippen LogP contribution in [0, 0.1) is 11.6 Å². The fraction of sp³-hybridized carbons (Fsp3) is 0.375. The first kappa shape index (κ1) is 20.8. The first-order chi connectivity index (χ1) is 15.4. The summed E-state index contributed by atoms with van der Waals surface area (Å²) in [5.41, 5.74) is 1.60. The molecule has 2 N–H and O–H groups in total. The lowest BCUT2D eigenvalue weighted by Crippen LogP contribution is -2.58. The van der Waals surface area contributed by atoms with Crippen molar-refractivity contribution in [3.05, 3.63) is 77.1 Å². The van der Waals surface area contributed by atoms with E-state index in [0.29, 0.717) is 30.7 Å². The summed E-state index contributed by atoms with van der Waals surface area (Å²) in [5.74, 6) is -1.93. The lowest BCUT2D eigenvalue weighted by Gasteiger charge is -2.48. The van der Waals surface area contributed by atoms with Crippen molar-refractivity contribution in [1.29, 1.82) is 0 Å². The predicted molar refractivity (Wildman–Crippen MR) is 112 cm³/mol. The number of nitrogens with zero attached hydrogens (tertiary/aromatic N) is 1. The maximum atomic E-state index is 13.3. The molecule has 0 unspecified atom stereocenters. The van der Waals surface area contributed by atoms with Gasteiger partial charge in [-0.3, -0.25) is 0 Å². The molecule has 0 radical (unpaired) electrons. The molecular weight excluding hydrogens is 418 g/mol. The van der Waals surface area contributed by atoms with Gasteiger partial charge < -0.3 is 24.8 Å². The molecule has 6 nitrogen and oxygen atoms in total. The van der Waals surface area contributed by atoms with E-state index >= 15 is 0 Å². The second-order valence-corrected chi connectivity index (χ2v) is 8.51. The van der Waals surface area contributed by atoms with Crippen LogP contribution in [0.4, 0.5) is 8.78 Å². The van der Waals surface area contributed by atoms with E-state index in [1.165, 1.54) is 6.07 Å². The minimum Gasteiger partial charge on any atom is -0.489 e. The Kier molecular flexibility index (Phi) is 5.25. The molecule has 0 spiro atoms. The molecule has 0 amide bonds. The van der Waals surface area contributed by atoms with Gasteiger partial charge in [-0.25, -0.2) is 13.6 Å². The average Bonchev–Trinajstić information content (AvgIpc) is 3.17. The van der Waals surface area contributed by atoms with Gasteiger partial charge in [0.25, 0.3) is 0 Å². The van der Waals surface area contributed by atoms with Gasteiger partial charge in [0.15, 0.2) is 17.9 Å². The highest BCUT2D eigenvalue weighted by Crippen LogP contribution is 2.42. The molecule has 168 valence electrons. The van der Waals surface area contributed by atoms with Gasteiger partial charge in [0, 0.05) is 18.3 Å². The Labute approximate surface area is 184 Å². The largest absolute Gasteiger partial charge is 0.489 e. The molecule has 2 atom stereocenters. The summed E-state index contributed by atoms with van der Waals surface area (Å²) in [6.45, 7) is 0.788. The van der Waals surface area contributed by atoms with Crippen LogP contribution >= 0.6 is 0 Å². The molecule has 0 bridgehead atoms. The van der Waals surface area contributed by atoms with E-state index in [4.69, 9.17) is 9.47 Å². The zero-order valence-corrected chi connectivity index (χ0v) is 17.4. The van der Waals surface area contributed by atoms with Crippen LogP contribution in [0.5, 0.6) is 5.75 Å². The van der Waals surface area contributed by atoms with Crippen LogP contribution in [-0.4, -0.2) is 34.2 Å². The average molecular weight is 442 g/mol. The third-order valence-corrected chi connectivity index (χ3v) is 6.57. The highest BCUT2D eigenvalue weighted by molar-refractivity contribution is 5.80. The van der Waals surface area contributed by atoms with E-state index in [2.05, 4.69) is 5.32 Å². The van der Waals surface area contributed by atoms with Gasteiger partial charge in [0.1, 0.15) is 24.0 Å². The Morgan fingerprint density at radius 2 is 1.97 bits per heavy atom. The lowest BCUT2D eigenvalue weighted by atomic mass is 9.75. The SMILES string of the molecule is O=C(O)C1(N2C=C3N[C@H](c4ccc(OCc5ccc(F)c(F)c5)cc4)O[C@@H]3CC2)CCC1. The van der Waals surface area contributed by atoms with Crippen molar-refractivity contribution in [2.75, 3.05) is 6.54 Å². The quantitative estimate of drug-likeness (QED) is 0.703. The van der Waals surface area contributed by atoms with E-state index in [-0.39, 0.29) is 18.9 Å². The summed E-state index contributed by atoms with van der Waals surface area (Å²) in [5, 5.41) is 13.1. The summed E-state index contributed by atoms with van der Waals surface area (Å²) in [7, 11) is 0. The summed E-state index contributed by atoms with van der Waals surface area (Å²) in [4.78, 5) is 13.8. The third kappa shape index (κ3) is 3.68. The molecular formula is C24H24F2N2O4. The van der Waals surface area contributed by atoms with Crippen LogP contribution in [0.3, 0.4) is 0 Å². The zero-order valence-electron chi connectivity index (χ0n) is 17.4. The number of halogens is 2. The fourth-order valence-corrected chi connectivity index (χ4v) is 4.52. The van der Waals surface area contributed by atoms with Gasteiger partial charge in [-0.15, -0.1) is 0 Å². The molecule has 2 aliphatic heterocycles. The van der Waals surface area contributed by atoms with Crippen LogP contribution in [0.15, 0.2) is 54.4 Å². The molecule has 1 aliphatic carbocycles. The van der Waals surface area contributed by atoms with Crippen molar-refractivity contribution in [1.82, 2.24) is 10.2 Å². The standard InChI is InChI=1S/C24H24F2N2O4/c25-18-7-2-15(12-19(18)26)14-31-17-5-3-16(4-6-17)22-27-20-13-28(11-8-21(20)32-22)24(23(29)30)9-1-10-24/h2-7,12-13,21-22,27H,1,8-11,14H2,(H,29,30)/t21-,22+/m1/s1. The number of benzene rings is 2. The zero-order chi connectivity index (χ0) is 22.3. The molecule has 0 aromatic heterocycles. The van der Waals surface area contributed by atoms with Crippen molar-refractivity contribution in [2.45, 2.75) is 50.2 Å². The van der Waals surface area contributed by atoms with E-state index in [0.717, 1.165) is 36.2 Å². The van der Waals surface area contributed by atoms with Crippen LogP contribution in [0.1, 0.15) is 43.0 Å². The van der Waals surface area contributed by atoms with Crippen molar-refractivity contribution in [2.24, 2.45) is 0 Å². The summed E-state index contributed by atoms with van der Waals surface area (Å²) in [6, 6.07) is 11.1. The Morgan fingerprint density at radius 3 is 2.62 bits per heavy atom. The van der Waals surface area contributed by atoms with E-state index in [1.54, 1.807) is 12.1 Å². The number of rotatable bonds is 6. The van der Waals surface area contributed by atoms with Crippen molar-refractivity contribution in [3.63, 3.8) is 0 Å². The summed E-state index contributed by atoms with van der Waals surface area (Å²) in [6.07, 6.45) is 4.53. The number of nitrogens with one attached hydrogen (secondary N) is 1. The summed E-state index contributed by atoms with van der Waals surface area (Å²) >= 11 is 0. The number of carboxylic acids is 1. The van der Waals surface area contributed by atoms with Crippen molar-refractivity contribution < 1.29 is 28.2 Å². The third-order valence-electron chi connectivity index (χ3n) is 6.57. The number of hydrogen-bond acceptors (Lipinski definition) is 5. The highest BCUT2D eigenvalue weighted by atomic mass is 19.2. The van der Waals surface area contributed by atoms with Gasteiger partial charge >= 0.3 is 5.97 Å². The molecule has 2 fully saturated rings. The number of ether oxygens (including phenoxy) is 2. The van der Waals surface area contributed by atoms with Gasteiger partial charge in [-0.05, 0) is 55.5 Å². The number of hydrogen-bond donors (Lipinski definition) is 2. The minimum absolute atomic E-state index is 0.0773. The Hall–Kier alpha value is -3.13. The molecule has 2 heterocycles. The lowest BCUT2D eigenvalue weighted by molar-refractivity contribution is -0.156. The maximum Gasteiger partial charge on any atom is 0.329 e. The molecule has 2 aromatic carbocycles. The number of aliphatic carboxylic acids is 1. The molecule has 1 saturated carbocycles. The van der Waals surface area contributed by atoms with Crippen LogP contribution < -0.4 is 10.1 Å². The second kappa shape index (κ2) is 8.09. The minimum atomic E-state index is -0.896. The normalized spacial score (nSPS) is 23.6. The molecule has 5 rings (SSSR count). The first-order valence-corrected chi connectivity index (χ1v) is 10.8. The second-order valence-electron chi connectivity index (χ2n) is 8.51. The van der Waals surface area contributed by atoms with Gasteiger partial charge in [0.05, 0.1) is 5.70 Å². The topological polar surface area (TPSA) is 71.0 Å². The van der Waals surface area contributed by atoms with E-state index in [9.17, 15) is 18.7 Å². The summed E-state index contributed by atoms with van der Waals surface area (Å²) < 4.78 is 38.2. The molecule has 32 heavy (non-hydrogen) atoms. The van der Waals surface area contributed by atoms with Crippen molar-refractivity contribution in [3.8, 4) is 5.75 Å². The fourth-order valence-electron chi connectivity index (χ4n) is 4.52. The number of fused-ring (bicyclic) bond motifs is 1. The van der Waals surface area contributed by atoms with Crippen LogP contribution in [-0.2, 0) is 16.1 Å². The first-order valence-electron chi connectivity index (χ1n) is 10.8. The monoisotopic (exact) mass is 442 g/mol.